The second kappa shape index (κ2) is 8.25. The van der Waals surface area contributed by atoms with Crippen LogP contribution in [0.3, 0.4) is 0 Å². The first kappa shape index (κ1) is 18.4. The Morgan fingerprint density at radius 1 is 1.38 bits per heavy atom. The molecule has 1 aliphatic heterocycles. The molecule has 7 heteroatoms. The lowest BCUT2D eigenvalue weighted by Crippen LogP contribution is -2.65. The number of carbonyl (C=O) groups is 1. The Labute approximate surface area is 140 Å². The average Bonchev–Trinajstić information content (AvgIpc) is 2.56. The number of carbonyl (C=O) groups excluding carboxylic acids is 1. The molecule has 0 saturated carbocycles. The van der Waals surface area contributed by atoms with Crippen molar-refractivity contribution in [3.05, 3.63) is 42.5 Å². The molecule has 2 rings (SSSR count). The van der Waals surface area contributed by atoms with Crippen LogP contribution in [0.15, 0.2) is 36.9 Å². The normalized spacial score (nSPS) is 29.8. The van der Waals surface area contributed by atoms with E-state index in [1.807, 2.05) is 12.1 Å². The number of nitrogens with one attached hydrogen (secondary N) is 1. The summed E-state index contributed by atoms with van der Waals surface area (Å²) in [5, 5.41) is 32.1. The van der Waals surface area contributed by atoms with Gasteiger partial charge in [-0.25, -0.2) is 0 Å². The highest BCUT2D eigenvalue weighted by Gasteiger charge is 2.46. The summed E-state index contributed by atoms with van der Waals surface area (Å²) < 4.78 is 11.4. The average molecular weight is 337 g/mol. The predicted octanol–water partition coefficient (Wildman–Crippen LogP) is -0.262. The Morgan fingerprint density at radius 2 is 2.08 bits per heavy atom. The number of amides is 1. The molecule has 1 amide bonds. The largest absolute Gasteiger partial charge is 0.462 e. The van der Waals surface area contributed by atoms with Gasteiger partial charge in [-0.05, 0) is 18.1 Å². The van der Waals surface area contributed by atoms with E-state index in [9.17, 15) is 20.1 Å². The molecule has 1 saturated heterocycles. The van der Waals surface area contributed by atoms with Crippen LogP contribution in [-0.2, 0) is 16.0 Å². The highest BCUT2D eigenvalue weighted by atomic mass is 16.7. The number of hydrogen-bond acceptors (Lipinski definition) is 6. The van der Waals surface area contributed by atoms with Gasteiger partial charge in [-0.2, -0.15) is 0 Å². The fourth-order valence-electron chi connectivity index (χ4n) is 2.64. The van der Waals surface area contributed by atoms with E-state index >= 15 is 0 Å². The van der Waals surface area contributed by atoms with Crippen molar-refractivity contribution < 1.29 is 29.6 Å². The van der Waals surface area contributed by atoms with E-state index in [0.717, 1.165) is 5.56 Å². The van der Waals surface area contributed by atoms with Crippen LogP contribution in [0.2, 0.25) is 0 Å². The van der Waals surface area contributed by atoms with E-state index in [1.54, 1.807) is 18.2 Å². The maximum absolute atomic E-state index is 11.4. The molecule has 0 bridgehead atoms. The van der Waals surface area contributed by atoms with Crippen molar-refractivity contribution in [2.75, 3.05) is 6.61 Å². The molecule has 7 nitrogen and oxygen atoms in total. The first-order chi connectivity index (χ1) is 11.5. The summed E-state index contributed by atoms with van der Waals surface area (Å²) >= 11 is 0. The summed E-state index contributed by atoms with van der Waals surface area (Å²) in [4.78, 5) is 11.4. The summed E-state index contributed by atoms with van der Waals surface area (Å²) in [6.07, 6.45) is -2.45. The molecule has 1 aromatic carbocycles. The number of ether oxygens (including phenoxy) is 2. The quantitative estimate of drug-likeness (QED) is 0.533. The fourth-order valence-corrected chi connectivity index (χ4v) is 2.64. The van der Waals surface area contributed by atoms with Crippen LogP contribution < -0.4 is 10.1 Å². The van der Waals surface area contributed by atoms with Gasteiger partial charge >= 0.3 is 0 Å². The third-order valence-corrected chi connectivity index (χ3v) is 3.83. The molecule has 0 aliphatic carbocycles. The van der Waals surface area contributed by atoms with Crippen LogP contribution in [0.4, 0.5) is 0 Å². The van der Waals surface area contributed by atoms with Crippen LogP contribution in [0, 0.1) is 0 Å². The van der Waals surface area contributed by atoms with Gasteiger partial charge in [-0.15, -0.1) is 6.58 Å². The minimum atomic E-state index is -1.34. The molecule has 5 atom stereocenters. The predicted molar refractivity (Wildman–Crippen MR) is 86.3 cm³/mol. The van der Waals surface area contributed by atoms with Gasteiger partial charge in [0.25, 0.3) is 0 Å². The van der Waals surface area contributed by atoms with Gasteiger partial charge < -0.3 is 30.1 Å². The maximum Gasteiger partial charge on any atom is 0.223 e. The number of hydrogen-bond donors (Lipinski definition) is 4. The molecule has 132 valence electrons. The molecule has 1 aliphatic rings. The van der Waals surface area contributed by atoms with E-state index in [4.69, 9.17) is 9.47 Å². The van der Waals surface area contributed by atoms with Gasteiger partial charge in [0.2, 0.25) is 12.2 Å². The molecule has 0 unspecified atom stereocenters. The van der Waals surface area contributed by atoms with Crippen LogP contribution in [0.5, 0.6) is 5.75 Å². The van der Waals surface area contributed by atoms with Crippen molar-refractivity contribution in [2.24, 2.45) is 0 Å². The number of aliphatic hydroxyl groups is 3. The van der Waals surface area contributed by atoms with Crippen molar-refractivity contribution in [3.63, 3.8) is 0 Å². The highest BCUT2D eigenvalue weighted by Crippen LogP contribution is 2.27. The van der Waals surface area contributed by atoms with Crippen LogP contribution in [-0.4, -0.2) is 58.5 Å². The Balaban J connectivity index is 2.26. The number of allylic oxidation sites excluding steroid dienone is 1. The van der Waals surface area contributed by atoms with Crippen molar-refractivity contribution in [1.82, 2.24) is 5.32 Å². The van der Waals surface area contributed by atoms with Gasteiger partial charge in [-0.3, -0.25) is 4.79 Å². The summed E-state index contributed by atoms with van der Waals surface area (Å²) in [6.45, 7) is 4.50. The zero-order chi connectivity index (χ0) is 17.7. The number of benzene rings is 1. The smallest absolute Gasteiger partial charge is 0.223 e. The third-order valence-electron chi connectivity index (χ3n) is 3.83. The minimum absolute atomic E-state index is 0.398. The van der Waals surface area contributed by atoms with Gasteiger partial charge in [0.15, 0.2) is 0 Å². The van der Waals surface area contributed by atoms with Crippen LogP contribution in [0.1, 0.15) is 12.5 Å². The Bertz CT molecular complexity index is 578. The summed E-state index contributed by atoms with van der Waals surface area (Å²) in [5.41, 5.74) is 0.860. The number of para-hydroxylation sites is 1. The molecule has 1 heterocycles. The lowest BCUT2D eigenvalue weighted by atomic mass is 9.97. The molecular formula is C17H23NO6. The summed E-state index contributed by atoms with van der Waals surface area (Å²) in [6, 6.07) is 6.26. The van der Waals surface area contributed by atoms with Gasteiger partial charge in [0, 0.05) is 6.92 Å². The Kier molecular flexibility index (Phi) is 6.33. The summed E-state index contributed by atoms with van der Waals surface area (Å²) in [5.74, 6) is 0.114. The lowest BCUT2D eigenvalue weighted by Gasteiger charge is -2.42. The standard InChI is InChI=1S/C17H23NO6/c1-3-6-11-7-4-5-8-12(11)23-17-14(18-10(2)20)16(22)15(21)13(9-19)24-17/h3-5,7-8,13-17,19,21-22H,1,6,9H2,2H3,(H,18,20)/t13-,14-,15+,16+,17-/m0/s1. The first-order valence-electron chi connectivity index (χ1n) is 7.73. The van der Waals surface area contributed by atoms with Crippen LogP contribution in [0.25, 0.3) is 0 Å². The van der Waals surface area contributed by atoms with E-state index in [-0.39, 0.29) is 0 Å². The van der Waals surface area contributed by atoms with Gasteiger partial charge in [0.05, 0.1) is 6.61 Å². The number of aliphatic hydroxyl groups excluding tert-OH is 3. The van der Waals surface area contributed by atoms with Crippen molar-refractivity contribution in [1.29, 1.82) is 0 Å². The molecule has 0 radical (unpaired) electrons. The van der Waals surface area contributed by atoms with E-state index in [2.05, 4.69) is 11.9 Å². The van der Waals surface area contributed by atoms with Crippen molar-refractivity contribution in [2.45, 2.75) is 44.0 Å². The zero-order valence-corrected chi connectivity index (χ0v) is 13.5. The Morgan fingerprint density at radius 3 is 2.71 bits per heavy atom. The van der Waals surface area contributed by atoms with E-state index in [1.165, 1.54) is 6.92 Å². The molecule has 0 aromatic heterocycles. The second-order valence-electron chi connectivity index (χ2n) is 5.65. The monoisotopic (exact) mass is 337 g/mol. The summed E-state index contributed by atoms with van der Waals surface area (Å²) in [7, 11) is 0. The molecule has 4 N–H and O–H groups in total. The van der Waals surface area contributed by atoms with Gasteiger partial charge in [-0.1, -0.05) is 24.3 Å². The Hall–Kier alpha value is -1.93. The lowest BCUT2D eigenvalue weighted by molar-refractivity contribution is -0.244. The van der Waals surface area contributed by atoms with Crippen molar-refractivity contribution in [3.8, 4) is 5.75 Å². The molecular weight excluding hydrogens is 314 g/mol. The second-order valence-corrected chi connectivity index (χ2v) is 5.65. The first-order valence-corrected chi connectivity index (χ1v) is 7.73. The molecule has 24 heavy (non-hydrogen) atoms. The van der Waals surface area contributed by atoms with Crippen molar-refractivity contribution >= 4 is 5.91 Å². The molecule has 0 spiro atoms. The topological polar surface area (TPSA) is 108 Å². The maximum atomic E-state index is 11.4. The van der Waals surface area contributed by atoms with E-state index < -0.39 is 43.2 Å². The fraction of sp³-hybridized carbons (Fsp3) is 0.471. The van der Waals surface area contributed by atoms with Crippen LogP contribution >= 0.6 is 0 Å². The third kappa shape index (κ3) is 4.12. The zero-order valence-electron chi connectivity index (χ0n) is 13.5. The van der Waals surface area contributed by atoms with E-state index in [0.29, 0.717) is 12.2 Å². The molecule has 1 aromatic rings. The number of rotatable bonds is 6. The SMILES string of the molecule is C=CCc1ccccc1O[C@H]1O[C@@H](CO)[C@@H](O)[C@H](O)[C@@H]1NC(C)=O. The highest BCUT2D eigenvalue weighted by molar-refractivity contribution is 5.73. The van der Waals surface area contributed by atoms with Gasteiger partial charge in [0.1, 0.15) is 30.1 Å². The minimum Gasteiger partial charge on any atom is -0.462 e. The molecule has 1 fully saturated rings.